The van der Waals surface area contributed by atoms with Crippen molar-refractivity contribution in [2.75, 3.05) is 62.8 Å². The van der Waals surface area contributed by atoms with Crippen LogP contribution in [0.25, 0.3) is 10.8 Å². The summed E-state index contributed by atoms with van der Waals surface area (Å²) in [5.74, 6) is 0.612. The van der Waals surface area contributed by atoms with E-state index in [1.807, 2.05) is 36.4 Å². The Morgan fingerprint density at radius 3 is 2.69 bits per heavy atom. The minimum Gasteiger partial charge on any atom is -0.492 e. The molecule has 0 aromatic heterocycles. The third-order valence-electron chi connectivity index (χ3n) is 7.07. The van der Waals surface area contributed by atoms with Crippen molar-refractivity contribution in [1.82, 2.24) is 4.90 Å². The van der Waals surface area contributed by atoms with Crippen molar-refractivity contribution in [3.05, 3.63) is 66.0 Å². The van der Waals surface area contributed by atoms with Crippen LogP contribution in [0.5, 0.6) is 5.75 Å². The molecule has 36 heavy (non-hydrogen) atoms. The summed E-state index contributed by atoms with van der Waals surface area (Å²) in [6.45, 7) is 8.77. The zero-order chi connectivity index (χ0) is 24.9. The van der Waals surface area contributed by atoms with E-state index < -0.39 is 5.82 Å². The maximum absolute atomic E-state index is 14.5. The largest absolute Gasteiger partial charge is 0.492 e. The number of amides is 1. The number of ether oxygens (including phenoxy) is 2. The monoisotopic (exact) mass is 491 g/mol. The maximum Gasteiger partial charge on any atom is 0.255 e. The Morgan fingerprint density at radius 1 is 1.08 bits per heavy atom. The second-order valence-electron chi connectivity index (χ2n) is 9.80. The number of hydrogen-bond donors (Lipinski definition) is 1. The van der Waals surface area contributed by atoms with Crippen LogP contribution in [-0.4, -0.2) is 63.4 Å². The van der Waals surface area contributed by atoms with E-state index >= 15 is 0 Å². The average Bonchev–Trinajstić information content (AvgIpc) is 2.90. The number of nitrogens with zero attached hydrogens (tertiary/aromatic N) is 2. The van der Waals surface area contributed by atoms with Crippen molar-refractivity contribution in [2.24, 2.45) is 5.92 Å². The van der Waals surface area contributed by atoms with Crippen LogP contribution in [0.15, 0.2) is 54.6 Å². The molecule has 190 valence electrons. The van der Waals surface area contributed by atoms with Crippen molar-refractivity contribution in [3.8, 4) is 5.75 Å². The Labute approximate surface area is 212 Å². The highest BCUT2D eigenvalue weighted by Crippen LogP contribution is 2.32. The van der Waals surface area contributed by atoms with Crippen molar-refractivity contribution in [3.63, 3.8) is 0 Å². The molecule has 7 heteroatoms. The van der Waals surface area contributed by atoms with Crippen LogP contribution >= 0.6 is 0 Å². The van der Waals surface area contributed by atoms with E-state index in [1.54, 1.807) is 6.07 Å². The molecule has 2 aliphatic heterocycles. The molecule has 0 saturated carbocycles. The lowest BCUT2D eigenvalue weighted by Crippen LogP contribution is -2.38. The lowest BCUT2D eigenvalue weighted by atomic mass is 9.99. The third kappa shape index (κ3) is 5.79. The number of benzene rings is 3. The Morgan fingerprint density at radius 2 is 1.89 bits per heavy atom. The first-order valence-electron chi connectivity index (χ1n) is 12.9. The molecule has 1 amide bonds. The average molecular weight is 492 g/mol. The molecule has 0 aliphatic carbocycles. The molecule has 1 N–H and O–H groups in total. The lowest BCUT2D eigenvalue weighted by molar-refractivity contribution is 0.0323. The number of anilines is 2. The van der Waals surface area contributed by atoms with E-state index in [-0.39, 0.29) is 5.91 Å². The van der Waals surface area contributed by atoms with Crippen LogP contribution in [0.4, 0.5) is 15.8 Å². The topological polar surface area (TPSA) is 54.0 Å². The van der Waals surface area contributed by atoms with Gasteiger partial charge >= 0.3 is 0 Å². The standard InChI is InChI=1S/C29H34FN3O3/c1-21-5-4-10-33(20-21)24-18-22(17-23(30)19-24)29(34)31-27-8-9-28(26-7-3-2-6-25(26)27)36-16-13-32-11-14-35-15-12-32/h2-3,6-9,17-19,21H,4-5,10-16,20H2,1H3,(H,31,34). The number of hydrogen-bond acceptors (Lipinski definition) is 5. The summed E-state index contributed by atoms with van der Waals surface area (Å²) in [6, 6.07) is 16.2. The Bertz CT molecular complexity index is 1210. The normalized spacial score (nSPS) is 18.8. The summed E-state index contributed by atoms with van der Waals surface area (Å²) >= 11 is 0. The summed E-state index contributed by atoms with van der Waals surface area (Å²) in [7, 11) is 0. The van der Waals surface area contributed by atoms with Crippen LogP contribution < -0.4 is 15.0 Å². The predicted molar refractivity (Wildman–Crippen MR) is 142 cm³/mol. The van der Waals surface area contributed by atoms with Crippen LogP contribution in [0, 0.1) is 11.7 Å². The number of nitrogens with one attached hydrogen (secondary N) is 1. The summed E-state index contributed by atoms with van der Waals surface area (Å²) < 4.78 is 26.0. The molecule has 2 saturated heterocycles. The number of carbonyl (C=O) groups is 1. The van der Waals surface area contributed by atoms with Crippen molar-refractivity contribution in [1.29, 1.82) is 0 Å². The lowest BCUT2D eigenvalue weighted by Gasteiger charge is -2.33. The fraction of sp³-hybridized carbons (Fsp3) is 0.414. The molecule has 0 bridgehead atoms. The molecule has 1 atom stereocenters. The van der Waals surface area contributed by atoms with E-state index in [2.05, 4.69) is 22.0 Å². The van der Waals surface area contributed by atoms with E-state index in [9.17, 15) is 9.18 Å². The molecule has 0 radical (unpaired) electrons. The van der Waals surface area contributed by atoms with E-state index in [1.165, 1.54) is 18.6 Å². The minimum atomic E-state index is -0.398. The second-order valence-corrected chi connectivity index (χ2v) is 9.80. The van der Waals surface area contributed by atoms with Crippen LogP contribution in [0.1, 0.15) is 30.1 Å². The SMILES string of the molecule is CC1CCCN(c2cc(F)cc(C(=O)Nc3ccc(OCCN4CCOCC4)c4ccccc34)c2)C1. The third-order valence-corrected chi connectivity index (χ3v) is 7.07. The molecule has 5 rings (SSSR count). The molecule has 2 aliphatic rings. The van der Waals surface area contributed by atoms with Gasteiger partial charge in [-0.1, -0.05) is 31.2 Å². The number of fused-ring (bicyclic) bond motifs is 1. The quantitative estimate of drug-likeness (QED) is 0.494. The summed E-state index contributed by atoms with van der Waals surface area (Å²) in [6.07, 6.45) is 2.26. The van der Waals surface area contributed by atoms with Gasteiger partial charge in [0.25, 0.3) is 5.91 Å². The van der Waals surface area contributed by atoms with Gasteiger partial charge in [-0.15, -0.1) is 0 Å². The van der Waals surface area contributed by atoms with Gasteiger partial charge in [-0.05, 0) is 49.1 Å². The van der Waals surface area contributed by atoms with Crippen LogP contribution in [-0.2, 0) is 4.74 Å². The Hall–Kier alpha value is -3.16. The molecule has 2 heterocycles. The first kappa shape index (κ1) is 24.5. The fourth-order valence-corrected chi connectivity index (χ4v) is 5.12. The van der Waals surface area contributed by atoms with E-state index in [4.69, 9.17) is 9.47 Å². The zero-order valence-corrected chi connectivity index (χ0v) is 20.8. The van der Waals surface area contributed by atoms with Gasteiger partial charge < -0.3 is 19.7 Å². The van der Waals surface area contributed by atoms with Gasteiger partial charge in [0, 0.05) is 60.4 Å². The highest BCUT2D eigenvalue weighted by molar-refractivity contribution is 6.10. The first-order chi connectivity index (χ1) is 17.6. The maximum atomic E-state index is 14.5. The first-order valence-corrected chi connectivity index (χ1v) is 12.9. The Kier molecular flexibility index (Phi) is 7.68. The number of halogens is 1. The molecule has 6 nitrogen and oxygen atoms in total. The number of rotatable bonds is 7. The smallest absolute Gasteiger partial charge is 0.255 e. The number of piperidine rings is 1. The molecule has 1 unspecified atom stereocenters. The van der Waals surface area contributed by atoms with Gasteiger partial charge in [0.1, 0.15) is 18.2 Å². The highest BCUT2D eigenvalue weighted by Gasteiger charge is 2.19. The molecular weight excluding hydrogens is 457 g/mol. The minimum absolute atomic E-state index is 0.318. The molecule has 2 fully saturated rings. The van der Waals surface area contributed by atoms with Crippen molar-refractivity contribution in [2.45, 2.75) is 19.8 Å². The van der Waals surface area contributed by atoms with E-state index in [0.717, 1.165) is 74.6 Å². The number of morpholine rings is 1. The van der Waals surface area contributed by atoms with E-state index in [0.29, 0.717) is 23.8 Å². The molecular formula is C29H34FN3O3. The summed E-state index contributed by atoms with van der Waals surface area (Å²) in [5.41, 5.74) is 1.76. The fourth-order valence-electron chi connectivity index (χ4n) is 5.12. The molecule has 3 aromatic rings. The van der Waals surface area contributed by atoms with Crippen molar-refractivity contribution >= 4 is 28.1 Å². The second kappa shape index (κ2) is 11.3. The summed E-state index contributed by atoms with van der Waals surface area (Å²) in [5, 5.41) is 4.82. The predicted octanol–water partition coefficient (Wildman–Crippen LogP) is 5.18. The van der Waals surface area contributed by atoms with Crippen molar-refractivity contribution < 1.29 is 18.7 Å². The van der Waals surface area contributed by atoms with Gasteiger partial charge in [-0.25, -0.2) is 4.39 Å². The molecule has 0 spiro atoms. The van der Waals surface area contributed by atoms with Crippen LogP contribution in [0.3, 0.4) is 0 Å². The van der Waals surface area contributed by atoms with Gasteiger partial charge in [0.15, 0.2) is 0 Å². The zero-order valence-electron chi connectivity index (χ0n) is 20.8. The molecule has 3 aromatic carbocycles. The van der Waals surface area contributed by atoms with Gasteiger partial charge in [0.2, 0.25) is 0 Å². The number of carbonyl (C=O) groups excluding carboxylic acids is 1. The van der Waals surface area contributed by atoms with Gasteiger partial charge in [0.05, 0.1) is 13.2 Å². The van der Waals surface area contributed by atoms with Gasteiger partial charge in [-0.2, -0.15) is 0 Å². The highest BCUT2D eigenvalue weighted by atomic mass is 19.1. The van der Waals surface area contributed by atoms with Gasteiger partial charge in [-0.3, -0.25) is 9.69 Å². The Balaban J connectivity index is 1.31. The van der Waals surface area contributed by atoms with Crippen LogP contribution in [0.2, 0.25) is 0 Å². The summed E-state index contributed by atoms with van der Waals surface area (Å²) in [4.78, 5) is 17.7.